The van der Waals surface area contributed by atoms with Gasteiger partial charge >= 0.3 is 0 Å². The Hall–Kier alpha value is -1.43. The van der Waals surface area contributed by atoms with Gasteiger partial charge in [0.1, 0.15) is 0 Å². The van der Waals surface area contributed by atoms with Gasteiger partial charge in [-0.25, -0.2) is 4.98 Å². The zero-order chi connectivity index (χ0) is 13.2. The maximum absolute atomic E-state index is 5.79. The summed E-state index contributed by atoms with van der Waals surface area (Å²) in [5, 5.41) is 0. The Bertz CT molecular complexity index is 656. The second-order valence-corrected chi connectivity index (χ2v) is 6.61. The van der Waals surface area contributed by atoms with Crippen LogP contribution in [0.2, 0.25) is 0 Å². The van der Waals surface area contributed by atoms with E-state index >= 15 is 0 Å². The van der Waals surface area contributed by atoms with Crippen LogP contribution in [0, 0.1) is 0 Å². The van der Waals surface area contributed by atoms with Gasteiger partial charge in [0.15, 0.2) is 4.34 Å². The molecule has 2 aromatic heterocycles. The van der Waals surface area contributed by atoms with Crippen molar-refractivity contribution in [3.63, 3.8) is 0 Å². The molecule has 0 radical (unpaired) electrons. The van der Waals surface area contributed by atoms with E-state index in [-0.39, 0.29) is 6.04 Å². The van der Waals surface area contributed by atoms with Crippen LogP contribution in [0.15, 0.2) is 51.8 Å². The summed E-state index contributed by atoms with van der Waals surface area (Å²) < 4.78 is 2.25. The number of nitrogens with zero attached hydrogens (tertiary/aromatic N) is 2. The molecule has 1 atom stereocenters. The molecule has 2 N–H and O–H groups in total. The molecule has 0 aliphatic carbocycles. The zero-order valence-electron chi connectivity index (χ0n) is 10.4. The standard InChI is InChI=1S/C14H13N3S2/c1-9(15)11-7-6-10(8-16-11)18-14-17-12-4-2-3-5-13(12)19-14/h2-9H,15H2,1H3. The molecule has 0 amide bonds. The Morgan fingerprint density at radius 2 is 2.05 bits per heavy atom. The van der Waals surface area contributed by atoms with E-state index in [2.05, 4.69) is 16.0 Å². The van der Waals surface area contributed by atoms with Gasteiger partial charge in [0.2, 0.25) is 0 Å². The molecule has 3 aromatic rings. The van der Waals surface area contributed by atoms with Gasteiger partial charge in [0.25, 0.3) is 0 Å². The predicted molar refractivity (Wildman–Crippen MR) is 80.6 cm³/mol. The largest absolute Gasteiger partial charge is 0.323 e. The molecule has 0 saturated heterocycles. The van der Waals surface area contributed by atoms with E-state index in [1.807, 2.05) is 43.5 Å². The van der Waals surface area contributed by atoms with Crippen molar-refractivity contribution in [2.75, 3.05) is 0 Å². The SMILES string of the molecule is CC(N)c1ccc(Sc2nc3ccccc3s2)cn1. The maximum atomic E-state index is 5.79. The minimum absolute atomic E-state index is 0.0264. The van der Waals surface area contributed by atoms with Crippen molar-refractivity contribution >= 4 is 33.3 Å². The second-order valence-electron chi connectivity index (χ2n) is 4.26. The van der Waals surface area contributed by atoms with E-state index < -0.39 is 0 Å². The van der Waals surface area contributed by atoms with E-state index in [0.717, 1.165) is 20.4 Å². The van der Waals surface area contributed by atoms with Crippen molar-refractivity contribution in [3.05, 3.63) is 48.3 Å². The number of pyridine rings is 1. The lowest BCUT2D eigenvalue weighted by Crippen LogP contribution is -2.06. The van der Waals surface area contributed by atoms with Gasteiger partial charge in [-0.15, -0.1) is 11.3 Å². The molecule has 0 aliphatic heterocycles. The van der Waals surface area contributed by atoms with Crippen LogP contribution in [-0.2, 0) is 0 Å². The fourth-order valence-corrected chi connectivity index (χ4v) is 3.73. The van der Waals surface area contributed by atoms with Crippen LogP contribution in [0.1, 0.15) is 18.7 Å². The van der Waals surface area contributed by atoms with E-state index in [4.69, 9.17) is 5.73 Å². The zero-order valence-corrected chi connectivity index (χ0v) is 12.0. The maximum Gasteiger partial charge on any atom is 0.155 e. The number of aromatic nitrogens is 2. The Kier molecular flexibility index (Phi) is 3.50. The lowest BCUT2D eigenvalue weighted by molar-refractivity contribution is 0.777. The van der Waals surface area contributed by atoms with Crippen molar-refractivity contribution in [1.82, 2.24) is 9.97 Å². The highest BCUT2D eigenvalue weighted by molar-refractivity contribution is 8.01. The third-order valence-electron chi connectivity index (χ3n) is 2.71. The normalized spacial score (nSPS) is 12.7. The van der Waals surface area contributed by atoms with E-state index in [9.17, 15) is 0 Å². The fraction of sp³-hybridized carbons (Fsp3) is 0.143. The Labute approximate surface area is 119 Å². The molecule has 1 unspecified atom stereocenters. The topological polar surface area (TPSA) is 51.8 Å². The number of fused-ring (bicyclic) bond motifs is 1. The van der Waals surface area contributed by atoms with Gasteiger partial charge in [-0.3, -0.25) is 4.98 Å². The van der Waals surface area contributed by atoms with Gasteiger partial charge in [0, 0.05) is 17.1 Å². The van der Waals surface area contributed by atoms with Crippen LogP contribution in [-0.4, -0.2) is 9.97 Å². The van der Waals surface area contributed by atoms with Crippen LogP contribution in [0.4, 0.5) is 0 Å². The molecule has 19 heavy (non-hydrogen) atoms. The summed E-state index contributed by atoms with van der Waals surface area (Å²) in [5.74, 6) is 0. The first kappa shape index (κ1) is 12.6. The highest BCUT2D eigenvalue weighted by atomic mass is 32.2. The molecule has 0 saturated carbocycles. The summed E-state index contributed by atoms with van der Waals surface area (Å²) in [6, 6.07) is 12.2. The number of benzene rings is 1. The van der Waals surface area contributed by atoms with E-state index in [1.54, 1.807) is 23.1 Å². The highest BCUT2D eigenvalue weighted by Gasteiger charge is 2.06. The molecule has 5 heteroatoms. The number of hydrogen-bond acceptors (Lipinski definition) is 5. The van der Waals surface area contributed by atoms with E-state index in [1.165, 1.54) is 4.70 Å². The fourth-order valence-electron chi connectivity index (χ4n) is 1.72. The molecule has 0 aliphatic rings. The van der Waals surface area contributed by atoms with Crippen LogP contribution in [0.25, 0.3) is 10.2 Å². The number of hydrogen-bond donors (Lipinski definition) is 1. The summed E-state index contributed by atoms with van der Waals surface area (Å²) in [4.78, 5) is 10.0. The van der Waals surface area contributed by atoms with Gasteiger partial charge in [-0.2, -0.15) is 0 Å². The van der Waals surface area contributed by atoms with Gasteiger partial charge in [-0.05, 0) is 31.2 Å². The van der Waals surface area contributed by atoms with E-state index in [0.29, 0.717) is 0 Å². The smallest absolute Gasteiger partial charge is 0.155 e. The average Bonchev–Trinajstić information content (AvgIpc) is 2.81. The predicted octanol–water partition coefficient (Wildman–Crippen LogP) is 3.86. The van der Waals surface area contributed by atoms with Crippen LogP contribution in [0.5, 0.6) is 0 Å². The lowest BCUT2D eigenvalue weighted by Gasteiger charge is -2.04. The van der Waals surface area contributed by atoms with Gasteiger partial charge < -0.3 is 5.73 Å². The van der Waals surface area contributed by atoms with Crippen molar-refractivity contribution in [2.45, 2.75) is 22.2 Å². The number of para-hydroxylation sites is 1. The molecule has 3 nitrogen and oxygen atoms in total. The minimum Gasteiger partial charge on any atom is -0.323 e. The quantitative estimate of drug-likeness (QED) is 0.794. The summed E-state index contributed by atoms with van der Waals surface area (Å²) >= 11 is 3.34. The van der Waals surface area contributed by atoms with Crippen LogP contribution in [0.3, 0.4) is 0 Å². The summed E-state index contributed by atoms with van der Waals surface area (Å²) in [7, 11) is 0. The molecular formula is C14H13N3S2. The van der Waals surface area contributed by atoms with Gasteiger partial charge in [0.05, 0.1) is 15.9 Å². The lowest BCUT2D eigenvalue weighted by atomic mass is 10.2. The number of thiazole rings is 1. The van der Waals surface area contributed by atoms with Crippen LogP contribution >= 0.6 is 23.1 Å². The highest BCUT2D eigenvalue weighted by Crippen LogP contribution is 2.33. The molecule has 0 fully saturated rings. The minimum atomic E-state index is -0.0264. The van der Waals surface area contributed by atoms with Crippen molar-refractivity contribution < 1.29 is 0 Å². The first-order chi connectivity index (χ1) is 9.22. The third-order valence-corrected chi connectivity index (χ3v) is 4.78. The monoisotopic (exact) mass is 287 g/mol. The van der Waals surface area contributed by atoms with Crippen molar-refractivity contribution in [2.24, 2.45) is 5.73 Å². The Morgan fingerprint density at radius 3 is 2.74 bits per heavy atom. The third kappa shape index (κ3) is 2.78. The van der Waals surface area contributed by atoms with Crippen molar-refractivity contribution in [3.8, 4) is 0 Å². The molecule has 2 heterocycles. The second kappa shape index (κ2) is 5.28. The van der Waals surface area contributed by atoms with Gasteiger partial charge in [-0.1, -0.05) is 23.9 Å². The summed E-state index contributed by atoms with van der Waals surface area (Å²) in [6.45, 7) is 1.93. The molecule has 0 spiro atoms. The Balaban J connectivity index is 1.84. The molecule has 96 valence electrons. The first-order valence-electron chi connectivity index (χ1n) is 5.97. The summed E-state index contributed by atoms with van der Waals surface area (Å²) in [5.41, 5.74) is 7.75. The molecule has 1 aromatic carbocycles. The molecular weight excluding hydrogens is 274 g/mol. The summed E-state index contributed by atoms with van der Waals surface area (Å²) in [6.07, 6.45) is 1.86. The number of rotatable bonds is 3. The molecule has 0 bridgehead atoms. The average molecular weight is 287 g/mol. The molecule has 3 rings (SSSR count). The Morgan fingerprint density at radius 1 is 1.21 bits per heavy atom. The first-order valence-corrected chi connectivity index (χ1v) is 7.60. The van der Waals surface area contributed by atoms with Crippen LogP contribution < -0.4 is 5.73 Å². The number of nitrogens with two attached hydrogens (primary N) is 1. The van der Waals surface area contributed by atoms with Crippen molar-refractivity contribution in [1.29, 1.82) is 0 Å².